The zero-order valence-corrected chi connectivity index (χ0v) is 18.6. The zero-order chi connectivity index (χ0) is 21.4. The van der Waals surface area contributed by atoms with Crippen molar-refractivity contribution in [3.63, 3.8) is 0 Å². The quantitative estimate of drug-likeness (QED) is 0.563. The van der Waals surface area contributed by atoms with Gasteiger partial charge in [-0.05, 0) is 80.1 Å². The van der Waals surface area contributed by atoms with Gasteiger partial charge in [-0.3, -0.25) is 9.69 Å². The van der Waals surface area contributed by atoms with Gasteiger partial charge in [0.15, 0.2) is 0 Å². The highest BCUT2D eigenvalue weighted by Gasteiger charge is 2.30. The summed E-state index contributed by atoms with van der Waals surface area (Å²) in [6, 6.07) is 6.44. The lowest BCUT2D eigenvalue weighted by Gasteiger charge is -2.38. The minimum Gasteiger partial charge on any atom is -0.425 e. The Morgan fingerprint density at radius 3 is 2.55 bits per heavy atom. The lowest BCUT2D eigenvalue weighted by atomic mass is 9.75. The molecule has 164 valence electrons. The molecule has 1 aromatic rings. The Hall–Kier alpha value is -2.14. The number of fused-ring (bicyclic) bond motifs is 2. The van der Waals surface area contributed by atoms with Gasteiger partial charge in [0.05, 0.1) is 0 Å². The van der Waals surface area contributed by atoms with Crippen molar-refractivity contribution in [2.24, 2.45) is 0 Å². The van der Waals surface area contributed by atoms with Crippen LogP contribution < -0.4 is 10.1 Å². The molecule has 0 unspecified atom stereocenters. The van der Waals surface area contributed by atoms with Crippen LogP contribution in [0.15, 0.2) is 23.8 Å². The van der Waals surface area contributed by atoms with Crippen molar-refractivity contribution in [3.8, 4) is 5.75 Å². The molecule has 2 aliphatic rings. The number of rotatable bonds is 5. The van der Waals surface area contributed by atoms with Crippen LogP contribution in [0.5, 0.6) is 5.75 Å². The SMILES string of the molecule is CCC.CCN(C)[C@H]1Cc2ccc(OC(=O)CNC(C)=O)cc2C2=C1CCCC2.[HH].[HH]. The second kappa shape index (κ2) is 11.1. The third-order valence-electron chi connectivity index (χ3n) is 5.48. The molecule has 0 aromatic heterocycles. The molecule has 2 aliphatic carbocycles. The molecule has 5 nitrogen and oxygen atoms in total. The fraction of sp³-hybridized carbons (Fsp3) is 0.583. The minimum atomic E-state index is -0.447. The monoisotopic (exact) mass is 404 g/mol. The van der Waals surface area contributed by atoms with E-state index in [4.69, 9.17) is 4.74 Å². The van der Waals surface area contributed by atoms with Crippen molar-refractivity contribution >= 4 is 17.4 Å². The number of ether oxygens (including phenoxy) is 1. The number of esters is 1. The third kappa shape index (κ3) is 6.17. The van der Waals surface area contributed by atoms with Gasteiger partial charge < -0.3 is 10.1 Å². The number of amides is 1. The van der Waals surface area contributed by atoms with E-state index in [9.17, 15) is 9.59 Å². The Balaban J connectivity index is 0.00000170. The molecular weight excluding hydrogens is 364 g/mol. The maximum Gasteiger partial charge on any atom is 0.330 e. The summed E-state index contributed by atoms with van der Waals surface area (Å²) in [4.78, 5) is 25.3. The van der Waals surface area contributed by atoms with Gasteiger partial charge in [0.1, 0.15) is 12.3 Å². The van der Waals surface area contributed by atoms with Crippen LogP contribution in [0.1, 0.15) is 73.8 Å². The van der Waals surface area contributed by atoms with Crippen molar-refractivity contribution in [2.45, 2.75) is 72.3 Å². The zero-order valence-electron chi connectivity index (χ0n) is 18.6. The van der Waals surface area contributed by atoms with E-state index < -0.39 is 5.97 Å². The highest BCUT2D eigenvalue weighted by molar-refractivity contribution is 5.82. The van der Waals surface area contributed by atoms with Gasteiger partial charge in [0.2, 0.25) is 5.91 Å². The fourth-order valence-electron chi connectivity index (χ4n) is 4.02. The fourth-order valence-corrected chi connectivity index (χ4v) is 4.02. The molecule has 29 heavy (non-hydrogen) atoms. The molecule has 0 radical (unpaired) electrons. The van der Waals surface area contributed by atoms with Crippen LogP contribution in [0.2, 0.25) is 0 Å². The van der Waals surface area contributed by atoms with Crippen LogP contribution in [0.3, 0.4) is 0 Å². The van der Waals surface area contributed by atoms with Gasteiger partial charge in [-0.2, -0.15) is 0 Å². The lowest BCUT2D eigenvalue weighted by molar-refractivity contribution is -0.135. The summed E-state index contributed by atoms with van der Waals surface area (Å²) in [5.74, 6) is -0.133. The van der Waals surface area contributed by atoms with Gasteiger partial charge in [-0.15, -0.1) is 0 Å². The summed E-state index contributed by atoms with van der Waals surface area (Å²) in [7, 11) is 2.20. The number of hydrogen-bond acceptors (Lipinski definition) is 4. The van der Waals surface area contributed by atoms with E-state index in [1.807, 2.05) is 12.1 Å². The van der Waals surface area contributed by atoms with E-state index in [0.29, 0.717) is 11.8 Å². The minimum absolute atomic E-state index is 0. The van der Waals surface area contributed by atoms with Gasteiger partial charge in [-0.1, -0.05) is 33.3 Å². The molecule has 0 spiro atoms. The van der Waals surface area contributed by atoms with Crippen molar-refractivity contribution in [1.29, 1.82) is 0 Å². The third-order valence-corrected chi connectivity index (χ3v) is 5.48. The van der Waals surface area contributed by atoms with Crippen molar-refractivity contribution in [2.75, 3.05) is 20.1 Å². The maximum absolute atomic E-state index is 11.9. The number of likely N-dealkylation sites (N-methyl/N-ethyl adjacent to an activating group) is 1. The molecule has 0 saturated heterocycles. The summed E-state index contributed by atoms with van der Waals surface area (Å²) >= 11 is 0. The van der Waals surface area contributed by atoms with Gasteiger partial charge in [-0.25, -0.2) is 4.79 Å². The largest absolute Gasteiger partial charge is 0.425 e. The van der Waals surface area contributed by atoms with E-state index in [2.05, 4.69) is 44.1 Å². The molecule has 1 aromatic carbocycles. The highest BCUT2D eigenvalue weighted by atomic mass is 16.5. The van der Waals surface area contributed by atoms with Crippen LogP contribution in [-0.4, -0.2) is 43.0 Å². The number of nitrogens with zero attached hydrogens (tertiary/aromatic N) is 1. The molecule has 0 heterocycles. The van der Waals surface area contributed by atoms with Crippen molar-refractivity contribution in [3.05, 3.63) is 34.9 Å². The Morgan fingerprint density at radius 2 is 1.90 bits per heavy atom. The van der Waals surface area contributed by atoms with E-state index in [1.54, 1.807) is 5.57 Å². The first-order chi connectivity index (χ1) is 13.9. The Kier molecular flexibility index (Phi) is 8.90. The van der Waals surface area contributed by atoms with Crippen LogP contribution in [0.25, 0.3) is 5.57 Å². The molecule has 0 aliphatic heterocycles. The first-order valence-electron chi connectivity index (χ1n) is 10.9. The van der Waals surface area contributed by atoms with E-state index in [-0.39, 0.29) is 15.3 Å². The number of hydrogen-bond donors (Lipinski definition) is 1. The predicted molar refractivity (Wildman–Crippen MR) is 122 cm³/mol. The molecule has 0 saturated carbocycles. The van der Waals surface area contributed by atoms with Gasteiger partial charge in [0, 0.05) is 15.8 Å². The van der Waals surface area contributed by atoms with E-state index >= 15 is 0 Å². The first kappa shape index (κ1) is 23.1. The topological polar surface area (TPSA) is 58.6 Å². The summed E-state index contributed by atoms with van der Waals surface area (Å²) in [5.41, 5.74) is 5.58. The number of nitrogens with one attached hydrogen (secondary N) is 1. The normalized spacial score (nSPS) is 17.7. The van der Waals surface area contributed by atoms with E-state index in [0.717, 1.165) is 25.8 Å². The molecule has 1 N–H and O–H groups in total. The molecular formula is C24H40N2O3. The number of allylic oxidation sites excluding steroid dienone is 1. The van der Waals surface area contributed by atoms with Gasteiger partial charge >= 0.3 is 5.97 Å². The molecule has 3 rings (SSSR count). The standard InChI is InChI=1S/C21H28N2O3.C3H8.2H2/c1-4-23(3)20-11-15-9-10-16(26-21(25)13-22-14(2)24)12-19(15)17-7-5-6-8-18(17)20;1-3-2;;/h9-10,12,20H,4-8,11,13H2,1-3H3,(H,22,24);3H2,1-2H3;2*1H/t20-;;;/m0.../s1. The van der Waals surface area contributed by atoms with Gasteiger partial charge in [0.25, 0.3) is 0 Å². The number of carbonyl (C=O) groups excluding carboxylic acids is 2. The molecule has 0 bridgehead atoms. The average Bonchev–Trinajstić information content (AvgIpc) is 2.72. The van der Waals surface area contributed by atoms with Crippen molar-refractivity contribution < 1.29 is 17.2 Å². The van der Waals surface area contributed by atoms with Crippen LogP contribution in [0, 0.1) is 0 Å². The molecule has 0 fully saturated rings. The second-order valence-corrected chi connectivity index (χ2v) is 7.91. The summed E-state index contributed by atoms with van der Waals surface area (Å²) in [5, 5.41) is 2.47. The smallest absolute Gasteiger partial charge is 0.330 e. The Labute approximate surface area is 178 Å². The molecule has 1 amide bonds. The van der Waals surface area contributed by atoms with E-state index in [1.165, 1.54) is 42.9 Å². The molecule has 5 heteroatoms. The Bertz CT molecular complexity index is 765. The summed E-state index contributed by atoms with van der Waals surface area (Å²) in [6.07, 6.45) is 7.00. The number of carbonyl (C=O) groups is 2. The van der Waals surface area contributed by atoms with Crippen molar-refractivity contribution in [1.82, 2.24) is 10.2 Å². The maximum atomic E-state index is 11.9. The summed E-state index contributed by atoms with van der Waals surface area (Å²) in [6.45, 7) is 8.77. The molecule has 1 atom stereocenters. The average molecular weight is 405 g/mol. The number of benzene rings is 1. The Morgan fingerprint density at radius 1 is 1.21 bits per heavy atom. The second-order valence-electron chi connectivity index (χ2n) is 7.91. The van der Waals surface area contributed by atoms with Crippen LogP contribution >= 0.6 is 0 Å². The first-order valence-corrected chi connectivity index (χ1v) is 10.9. The highest BCUT2D eigenvalue weighted by Crippen LogP contribution is 2.42. The predicted octanol–water partition coefficient (Wildman–Crippen LogP) is 4.84. The van der Waals surface area contributed by atoms with Crippen LogP contribution in [0.4, 0.5) is 0 Å². The lowest BCUT2D eigenvalue weighted by Crippen LogP contribution is -2.38. The van der Waals surface area contributed by atoms with Crippen LogP contribution in [-0.2, 0) is 16.0 Å². The summed E-state index contributed by atoms with van der Waals surface area (Å²) < 4.78 is 5.42.